The van der Waals surface area contributed by atoms with E-state index in [2.05, 4.69) is 5.10 Å². The van der Waals surface area contributed by atoms with E-state index in [0.717, 1.165) is 25.7 Å². The van der Waals surface area contributed by atoms with Gasteiger partial charge in [0.25, 0.3) is 0 Å². The van der Waals surface area contributed by atoms with Crippen LogP contribution in [0.1, 0.15) is 50.0 Å². The summed E-state index contributed by atoms with van der Waals surface area (Å²) in [5.74, 6) is 0.161. The van der Waals surface area contributed by atoms with Gasteiger partial charge < -0.3 is 0 Å². The fourth-order valence-electron chi connectivity index (χ4n) is 2.50. The Hall–Kier alpha value is -0.830. The van der Waals surface area contributed by atoms with Gasteiger partial charge >= 0.3 is 0 Å². The minimum atomic E-state index is -0.226. The molecule has 88 valence electrons. The maximum Gasteiger partial charge on any atom is 0.188 e. The fourth-order valence-corrected chi connectivity index (χ4v) is 2.72. The first kappa shape index (κ1) is 11.6. The number of halogens is 1. The first-order valence-corrected chi connectivity index (χ1v) is 6.22. The van der Waals surface area contributed by atoms with Crippen LogP contribution in [0.4, 0.5) is 0 Å². The molecular formula is C12H17ClN2O. The molecule has 2 rings (SSSR count). The Morgan fingerprint density at radius 3 is 2.75 bits per heavy atom. The number of aromatic nitrogens is 2. The van der Waals surface area contributed by atoms with Crippen LogP contribution in [-0.2, 0) is 6.54 Å². The molecule has 3 nitrogen and oxygen atoms in total. The summed E-state index contributed by atoms with van der Waals surface area (Å²) in [4.78, 5) is 12.5. The van der Waals surface area contributed by atoms with Gasteiger partial charge in [0.15, 0.2) is 5.78 Å². The Morgan fingerprint density at radius 1 is 1.56 bits per heavy atom. The molecule has 1 aliphatic rings. The number of rotatable bonds is 3. The van der Waals surface area contributed by atoms with E-state index >= 15 is 0 Å². The second-order valence-electron chi connectivity index (χ2n) is 4.75. The number of carbonyl (C=O) groups excluding carboxylic acids is 1. The van der Waals surface area contributed by atoms with Gasteiger partial charge in [-0.25, -0.2) is 0 Å². The predicted molar refractivity (Wildman–Crippen MR) is 63.8 cm³/mol. The summed E-state index contributed by atoms with van der Waals surface area (Å²) in [7, 11) is 0. The van der Waals surface area contributed by atoms with E-state index in [1.807, 2.05) is 13.8 Å². The van der Waals surface area contributed by atoms with Gasteiger partial charge in [0.2, 0.25) is 0 Å². The molecule has 0 bridgehead atoms. The Bertz CT molecular complexity index is 405. The summed E-state index contributed by atoms with van der Waals surface area (Å²) in [5.41, 5.74) is 0.366. The van der Waals surface area contributed by atoms with Gasteiger partial charge in [0.1, 0.15) is 5.69 Å². The molecule has 1 fully saturated rings. The Labute approximate surface area is 101 Å². The van der Waals surface area contributed by atoms with Crippen molar-refractivity contribution in [2.24, 2.45) is 5.41 Å². The molecule has 0 amide bonds. The van der Waals surface area contributed by atoms with Gasteiger partial charge in [0.05, 0.1) is 11.2 Å². The highest BCUT2D eigenvalue weighted by Crippen LogP contribution is 2.41. The molecule has 1 heterocycles. The van der Waals surface area contributed by atoms with Crippen LogP contribution < -0.4 is 0 Å². The quantitative estimate of drug-likeness (QED) is 0.760. The van der Waals surface area contributed by atoms with E-state index in [0.29, 0.717) is 17.3 Å². The largest absolute Gasteiger partial charge is 0.292 e. The number of aryl methyl sites for hydroxylation is 1. The Morgan fingerprint density at radius 2 is 2.19 bits per heavy atom. The normalized spacial score (nSPS) is 18.9. The van der Waals surface area contributed by atoms with Gasteiger partial charge in [-0.2, -0.15) is 5.10 Å². The molecule has 4 heteroatoms. The lowest BCUT2D eigenvalue weighted by molar-refractivity contribution is 0.0812. The van der Waals surface area contributed by atoms with Crippen LogP contribution in [0.3, 0.4) is 0 Å². The number of carbonyl (C=O) groups is 1. The molecule has 0 aliphatic heterocycles. The fraction of sp³-hybridized carbons (Fsp3) is 0.667. The molecule has 0 aromatic carbocycles. The molecule has 0 atom stereocenters. The first-order chi connectivity index (χ1) is 7.58. The van der Waals surface area contributed by atoms with Crippen molar-refractivity contribution in [3.05, 3.63) is 16.9 Å². The molecule has 0 N–H and O–H groups in total. The maximum atomic E-state index is 12.5. The van der Waals surface area contributed by atoms with Crippen LogP contribution in [0.25, 0.3) is 0 Å². The number of nitrogens with zero attached hydrogens (tertiary/aromatic N) is 2. The summed E-state index contributed by atoms with van der Waals surface area (Å²) in [5, 5.41) is 4.61. The third-order valence-electron chi connectivity index (χ3n) is 3.56. The lowest BCUT2D eigenvalue weighted by atomic mass is 9.82. The van der Waals surface area contributed by atoms with Crippen LogP contribution >= 0.6 is 11.6 Å². The zero-order valence-electron chi connectivity index (χ0n) is 9.79. The van der Waals surface area contributed by atoms with Crippen molar-refractivity contribution in [2.45, 2.75) is 46.1 Å². The van der Waals surface area contributed by atoms with Crippen molar-refractivity contribution in [1.29, 1.82) is 0 Å². The van der Waals surface area contributed by atoms with E-state index in [4.69, 9.17) is 11.6 Å². The highest BCUT2D eigenvalue weighted by Gasteiger charge is 2.39. The average Bonchev–Trinajstić information content (AvgIpc) is 2.85. The van der Waals surface area contributed by atoms with E-state index < -0.39 is 0 Å². The monoisotopic (exact) mass is 240 g/mol. The molecule has 0 saturated heterocycles. The molecule has 0 spiro atoms. The van der Waals surface area contributed by atoms with Crippen LogP contribution in [0.15, 0.2) is 6.20 Å². The van der Waals surface area contributed by atoms with E-state index in [1.54, 1.807) is 10.9 Å². The Kier molecular flexibility index (Phi) is 3.06. The summed E-state index contributed by atoms with van der Waals surface area (Å²) in [6.07, 6.45) is 5.78. The smallest absolute Gasteiger partial charge is 0.188 e. The summed E-state index contributed by atoms with van der Waals surface area (Å²) >= 11 is 6.05. The van der Waals surface area contributed by atoms with Crippen molar-refractivity contribution >= 4 is 17.4 Å². The van der Waals surface area contributed by atoms with Gasteiger partial charge in [0, 0.05) is 12.0 Å². The highest BCUT2D eigenvalue weighted by atomic mass is 35.5. The van der Waals surface area contributed by atoms with Crippen molar-refractivity contribution in [3.8, 4) is 0 Å². The van der Waals surface area contributed by atoms with Crippen LogP contribution in [0.5, 0.6) is 0 Å². The molecule has 16 heavy (non-hydrogen) atoms. The summed E-state index contributed by atoms with van der Waals surface area (Å²) in [6, 6.07) is 0. The number of Topliss-reactive ketones (excluding diaryl/α,β-unsaturated/α-hetero) is 1. The number of hydrogen-bond acceptors (Lipinski definition) is 2. The van der Waals surface area contributed by atoms with Gasteiger partial charge in [-0.1, -0.05) is 31.4 Å². The van der Waals surface area contributed by atoms with Crippen LogP contribution in [0, 0.1) is 5.41 Å². The van der Waals surface area contributed by atoms with Crippen molar-refractivity contribution < 1.29 is 4.79 Å². The second kappa shape index (κ2) is 4.21. The minimum absolute atomic E-state index is 0.161. The van der Waals surface area contributed by atoms with Crippen molar-refractivity contribution in [1.82, 2.24) is 9.78 Å². The highest BCUT2D eigenvalue weighted by molar-refractivity contribution is 6.33. The third kappa shape index (κ3) is 1.77. The lowest BCUT2D eigenvalue weighted by Gasteiger charge is -2.22. The summed E-state index contributed by atoms with van der Waals surface area (Å²) < 4.78 is 1.70. The van der Waals surface area contributed by atoms with Gasteiger partial charge in [-0.05, 0) is 19.8 Å². The zero-order chi connectivity index (χ0) is 11.8. The van der Waals surface area contributed by atoms with Gasteiger partial charge in [-0.15, -0.1) is 0 Å². The van der Waals surface area contributed by atoms with Crippen LogP contribution in [0.2, 0.25) is 5.02 Å². The number of hydrogen-bond donors (Lipinski definition) is 0. The molecule has 1 aliphatic carbocycles. The van der Waals surface area contributed by atoms with Gasteiger partial charge in [-0.3, -0.25) is 9.48 Å². The topological polar surface area (TPSA) is 34.9 Å². The van der Waals surface area contributed by atoms with Crippen LogP contribution in [-0.4, -0.2) is 15.6 Å². The lowest BCUT2D eigenvalue weighted by Crippen LogP contribution is -2.27. The van der Waals surface area contributed by atoms with E-state index in [-0.39, 0.29) is 11.2 Å². The third-order valence-corrected chi connectivity index (χ3v) is 3.84. The standard InChI is InChI=1S/C12H17ClN2O/c1-3-15-10(9(13)8-14-15)11(16)12(2)6-4-5-7-12/h8H,3-7H2,1-2H3. The molecule has 1 aromatic heterocycles. The first-order valence-electron chi connectivity index (χ1n) is 5.84. The Balaban J connectivity index is 2.36. The molecule has 1 aromatic rings. The average molecular weight is 241 g/mol. The second-order valence-corrected chi connectivity index (χ2v) is 5.16. The number of ketones is 1. The van der Waals surface area contributed by atoms with Crippen molar-refractivity contribution in [2.75, 3.05) is 0 Å². The molecule has 0 unspecified atom stereocenters. The summed E-state index contributed by atoms with van der Waals surface area (Å²) in [6.45, 7) is 4.70. The van der Waals surface area contributed by atoms with E-state index in [9.17, 15) is 4.79 Å². The predicted octanol–water partition coefficient (Wildman–Crippen LogP) is 3.32. The SMILES string of the molecule is CCn1ncc(Cl)c1C(=O)C1(C)CCCC1. The molecule has 1 saturated carbocycles. The molecular weight excluding hydrogens is 224 g/mol. The van der Waals surface area contributed by atoms with Crippen molar-refractivity contribution in [3.63, 3.8) is 0 Å². The zero-order valence-corrected chi connectivity index (χ0v) is 10.5. The molecule has 0 radical (unpaired) electrons. The van der Waals surface area contributed by atoms with E-state index in [1.165, 1.54) is 0 Å². The minimum Gasteiger partial charge on any atom is -0.292 e. The maximum absolute atomic E-state index is 12.5.